The van der Waals surface area contributed by atoms with E-state index in [1.54, 1.807) is 36.0 Å². The molecule has 1 aliphatic heterocycles. The summed E-state index contributed by atoms with van der Waals surface area (Å²) in [5.41, 5.74) is 2.58. The van der Waals surface area contributed by atoms with E-state index >= 15 is 0 Å². The van der Waals surface area contributed by atoms with Crippen molar-refractivity contribution in [3.63, 3.8) is 0 Å². The van der Waals surface area contributed by atoms with Crippen LogP contribution < -0.4 is 5.32 Å². The van der Waals surface area contributed by atoms with Crippen molar-refractivity contribution in [3.8, 4) is 0 Å². The lowest BCUT2D eigenvalue weighted by molar-refractivity contribution is -0.113. The number of hydrogen-bond acceptors (Lipinski definition) is 3. The van der Waals surface area contributed by atoms with Gasteiger partial charge in [-0.15, -0.1) is 11.8 Å². The first kappa shape index (κ1) is 21.7. The highest BCUT2D eigenvalue weighted by molar-refractivity contribution is 7.99. The fourth-order valence-electron chi connectivity index (χ4n) is 3.71. The Morgan fingerprint density at radius 1 is 1.03 bits per heavy atom. The van der Waals surface area contributed by atoms with E-state index in [2.05, 4.69) is 19.2 Å². The minimum Gasteiger partial charge on any atom is -0.333 e. The third kappa shape index (κ3) is 6.00. The molecule has 29 heavy (non-hydrogen) atoms. The topological polar surface area (TPSA) is 49.4 Å². The third-order valence-electron chi connectivity index (χ3n) is 5.26. The summed E-state index contributed by atoms with van der Waals surface area (Å²) in [6.07, 6.45) is 3.33. The van der Waals surface area contributed by atoms with Crippen molar-refractivity contribution >= 4 is 40.9 Å². The minimum atomic E-state index is -0.0443. The number of thioether (sulfide) groups is 1. The largest absolute Gasteiger partial charge is 0.333 e. The molecule has 0 aliphatic carbocycles. The first-order valence-electron chi connectivity index (χ1n) is 9.99. The highest BCUT2D eigenvalue weighted by Gasteiger charge is 2.29. The van der Waals surface area contributed by atoms with Gasteiger partial charge in [0.1, 0.15) is 0 Å². The Bertz CT molecular complexity index is 829. The van der Waals surface area contributed by atoms with Gasteiger partial charge in [-0.3, -0.25) is 9.59 Å². The summed E-state index contributed by atoms with van der Waals surface area (Å²) in [4.78, 5) is 27.0. The van der Waals surface area contributed by atoms with Gasteiger partial charge in [0.15, 0.2) is 0 Å². The second kappa shape index (κ2) is 10.2. The Morgan fingerprint density at radius 2 is 1.66 bits per heavy atom. The molecular weight excluding hydrogens is 404 g/mol. The molecule has 1 fully saturated rings. The fraction of sp³-hybridized carbons (Fsp3) is 0.391. The molecule has 2 aromatic rings. The SMILES string of the molecule is CC1CCCC(C)N1C(=O)c1ccc(CSCC(=O)Nc2ccc(Cl)cc2)cc1. The third-order valence-corrected chi connectivity index (χ3v) is 6.51. The van der Waals surface area contributed by atoms with Gasteiger partial charge in [0, 0.05) is 34.1 Å². The van der Waals surface area contributed by atoms with Gasteiger partial charge >= 0.3 is 0 Å². The second-order valence-electron chi connectivity index (χ2n) is 7.59. The summed E-state index contributed by atoms with van der Waals surface area (Å²) in [5.74, 6) is 1.16. The number of carbonyl (C=O) groups excluding carboxylic acids is 2. The smallest absolute Gasteiger partial charge is 0.254 e. The van der Waals surface area contributed by atoms with Gasteiger partial charge < -0.3 is 10.2 Å². The first-order valence-corrected chi connectivity index (χ1v) is 11.5. The fourth-order valence-corrected chi connectivity index (χ4v) is 4.62. The summed E-state index contributed by atoms with van der Waals surface area (Å²) in [6.45, 7) is 4.27. The molecule has 2 amide bonds. The van der Waals surface area contributed by atoms with E-state index in [-0.39, 0.29) is 11.8 Å². The van der Waals surface area contributed by atoms with Gasteiger partial charge in [-0.1, -0.05) is 23.7 Å². The van der Waals surface area contributed by atoms with Crippen LogP contribution in [-0.2, 0) is 10.5 Å². The lowest BCUT2D eigenvalue weighted by Gasteiger charge is -2.39. The zero-order chi connectivity index (χ0) is 20.8. The van der Waals surface area contributed by atoms with Crippen LogP contribution >= 0.6 is 23.4 Å². The molecule has 2 aromatic carbocycles. The number of nitrogens with one attached hydrogen (secondary N) is 1. The number of nitrogens with zero attached hydrogens (tertiary/aromatic N) is 1. The van der Waals surface area contributed by atoms with Crippen LogP contribution in [0.15, 0.2) is 48.5 Å². The summed E-state index contributed by atoms with van der Waals surface area (Å²) in [7, 11) is 0. The molecule has 0 radical (unpaired) electrons. The highest BCUT2D eigenvalue weighted by atomic mass is 35.5. The summed E-state index contributed by atoms with van der Waals surface area (Å²) < 4.78 is 0. The average molecular weight is 431 g/mol. The maximum absolute atomic E-state index is 12.9. The Morgan fingerprint density at radius 3 is 2.28 bits per heavy atom. The van der Waals surface area contributed by atoms with Crippen LogP contribution in [0.2, 0.25) is 5.02 Å². The molecule has 3 rings (SSSR count). The molecule has 0 spiro atoms. The zero-order valence-electron chi connectivity index (χ0n) is 16.9. The molecule has 0 saturated carbocycles. The number of halogens is 1. The zero-order valence-corrected chi connectivity index (χ0v) is 18.4. The number of carbonyl (C=O) groups is 2. The average Bonchev–Trinajstić information content (AvgIpc) is 2.70. The Kier molecular flexibility index (Phi) is 7.62. The van der Waals surface area contributed by atoms with Gasteiger partial charge in [0.05, 0.1) is 5.75 Å². The van der Waals surface area contributed by atoms with Crippen molar-refractivity contribution in [1.29, 1.82) is 0 Å². The van der Waals surface area contributed by atoms with Gasteiger partial charge in [-0.2, -0.15) is 0 Å². The molecule has 1 N–H and O–H groups in total. The van der Waals surface area contributed by atoms with E-state index < -0.39 is 0 Å². The van der Waals surface area contributed by atoms with E-state index in [1.165, 1.54) is 6.42 Å². The second-order valence-corrected chi connectivity index (χ2v) is 9.01. The van der Waals surface area contributed by atoms with Crippen LogP contribution in [0.5, 0.6) is 0 Å². The maximum Gasteiger partial charge on any atom is 0.254 e. The molecule has 1 saturated heterocycles. The lowest BCUT2D eigenvalue weighted by Crippen LogP contribution is -2.47. The van der Waals surface area contributed by atoms with Crippen molar-refractivity contribution < 1.29 is 9.59 Å². The Labute approximate surface area is 182 Å². The van der Waals surface area contributed by atoms with E-state index in [0.717, 1.165) is 35.4 Å². The number of rotatable bonds is 6. The number of piperidine rings is 1. The van der Waals surface area contributed by atoms with Crippen molar-refractivity contribution in [2.45, 2.75) is 50.9 Å². The van der Waals surface area contributed by atoms with Crippen molar-refractivity contribution in [2.24, 2.45) is 0 Å². The molecule has 4 nitrogen and oxygen atoms in total. The molecule has 0 aromatic heterocycles. The van der Waals surface area contributed by atoms with Crippen LogP contribution in [0.1, 0.15) is 49.0 Å². The quantitative estimate of drug-likeness (QED) is 0.647. The molecule has 154 valence electrons. The van der Waals surface area contributed by atoms with Gasteiger partial charge in [0.2, 0.25) is 5.91 Å². The molecule has 1 heterocycles. The van der Waals surface area contributed by atoms with Crippen molar-refractivity contribution in [2.75, 3.05) is 11.1 Å². The Hall–Kier alpha value is -1.98. The maximum atomic E-state index is 12.9. The molecule has 0 bridgehead atoms. The van der Waals surface area contributed by atoms with Gasteiger partial charge in [0.25, 0.3) is 5.91 Å². The summed E-state index contributed by atoms with van der Waals surface area (Å²) in [5, 5.41) is 3.50. The van der Waals surface area contributed by atoms with E-state index in [9.17, 15) is 9.59 Å². The van der Waals surface area contributed by atoms with Crippen LogP contribution in [-0.4, -0.2) is 34.6 Å². The predicted octanol–water partition coefficient (Wildman–Crippen LogP) is 5.62. The molecule has 2 unspecified atom stereocenters. The minimum absolute atomic E-state index is 0.0443. The number of anilines is 1. The molecule has 2 atom stereocenters. The number of amides is 2. The standard InChI is InChI=1S/C23H27ClN2O2S/c1-16-4-3-5-17(2)26(16)23(28)19-8-6-18(7-9-19)14-29-15-22(27)25-21-12-10-20(24)11-13-21/h6-13,16-17H,3-5,14-15H2,1-2H3,(H,25,27). The highest BCUT2D eigenvalue weighted by Crippen LogP contribution is 2.25. The summed E-state index contributed by atoms with van der Waals surface area (Å²) >= 11 is 7.39. The monoisotopic (exact) mass is 430 g/mol. The predicted molar refractivity (Wildman–Crippen MR) is 122 cm³/mol. The summed E-state index contributed by atoms with van der Waals surface area (Å²) in [6, 6.07) is 15.4. The van der Waals surface area contributed by atoms with Gasteiger partial charge in [-0.25, -0.2) is 0 Å². The van der Waals surface area contributed by atoms with E-state index in [4.69, 9.17) is 11.6 Å². The molecule has 6 heteroatoms. The van der Waals surface area contributed by atoms with Crippen molar-refractivity contribution in [3.05, 3.63) is 64.7 Å². The van der Waals surface area contributed by atoms with Crippen LogP contribution in [0.3, 0.4) is 0 Å². The number of likely N-dealkylation sites (tertiary alicyclic amines) is 1. The van der Waals surface area contributed by atoms with Crippen LogP contribution in [0.4, 0.5) is 5.69 Å². The number of benzene rings is 2. The molecule has 1 aliphatic rings. The van der Waals surface area contributed by atoms with Crippen LogP contribution in [0.25, 0.3) is 0 Å². The number of hydrogen-bond donors (Lipinski definition) is 1. The van der Waals surface area contributed by atoms with Gasteiger partial charge in [-0.05, 0) is 75.1 Å². The molecular formula is C23H27ClN2O2S. The first-order chi connectivity index (χ1) is 13.9. The van der Waals surface area contributed by atoms with E-state index in [1.807, 2.05) is 29.2 Å². The lowest BCUT2D eigenvalue weighted by atomic mass is 9.96. The van der Waals surface area contributed by atoms with Crippen LogP contribution in [0, 0.1) is 0 Å². The van der Waals surface area contributed by atoms with Crippen molar-refractivity contribution in [1.82, 2.24) is 4.90 Å². The Balaban J connectivity index is 1.48. The van der Waals surface area contributed by atoms with E-state index in [0.29, 0.717) is 22.9 Å². The normalized spacial score (nSPS) is 19.1.